The largest absolute Gasteiger partial charge is 0.182 e. The van der Waals surface area contributed by atoms with Crippen molar-refractivity contribution in [2.75, 3.05) is 0 Å². The Bertz CT molecular complexity index is 1040. The van der Waals surface area contributed by atoms with Crippen LogP contribution in [0.25, 0.3) is 11.1 Å². The van der Waals surface area contributed by atoms with Crippen molar-refractivity contribution < 1.29 is 4.21 Å². The molecule has 4 aromatic rings. The molecule has 4 aromatic carbocycles. The molecule has 0 bridgehead atoms. The van der Waals surface area contributed by atoms with E-state index in [2.05, 4.69) is 25.1 Å². The predicted octanol–water partition coefficient (Wildman–Crippen LogP) is 6.64. The zero-order valence-electron chi connectivity index (χ0n) is 15.2. The molecular formula is C25H21OS+. The molecule has 0 atom stereocenters. The van der Waals surface area contributed by atoms with Crippen LogP contribution >= 0.6 is 0 Å². The molecule has 0 heterocycles. The second-order valence-corrected chi connectivity index (χ2v) is 9.04. The minimum atomic E-state index is -2.62. The first-order valence-corrected chi connectivity index (χ1v) is 10.6. The van der Waals surface area contributed by atoms with E-state index >= 15 is 0 Å². The van der Waals surface area contributed by atoms with Gasteiger partial charge < -0.3 is 0 Å². The number of benzene rings is 4. The van der Waals surface area contributed by atoms with Crippen LogP contribution in [0.5, 0.6) is 0 Å². The Morgan fingerprint density at radius 1 is 0.593 bits per heavy atom. The molecule has 0 fully saturated rings. The monoisotopic (exact) mass is 369 g/mol. The summed E-state index contributed by atoms with van der Waals surface area (Å²) in [5.74, 6) is 0. The van der Waals surface area contributed by atoms with Gasteiger partial charge in [-0.15, -0.1) is 0 Å². The Hall–Kier alpha value is -2.97. The lowest BCUT2D eigenvalue weighted by Crippen LogP contribution is -2.14. The van der Waals surface area contributed by atoms with Crippen molar-refractivity contribution in [3.8, 4) is 11.1 Å². The van der Waals surface area contributed by atoms with Crippen LogP contribution in [0.3, 0.4) is 0 Å². The van der Waals surface area contributed by atoms with Crippen LogP contribution in [0.15, 0.2) is 124 Å². The summed E-state index contributed by atoms with van der Waals surface area (Å²) in [6, 6.07) is 36.0. The van der Waals surface area contributed by atoms with E-state index in [1.807, 2.05) is 91.0 Å². The van der Waals surface area contributed by atoms with Gasteiger partial charge in [-0.2, -0.15) is 0 Å². The van der Waals surface area contributed by atoms with Crippen molar-refractivity contribution in [1.82, 2.24) is 0 Å². The molecular weight excluding hydrogens is 348 g/mol. The molecule has 0 radical (unpaired) electrons. The van der Waals surface area contributed by atoms with E-state index in [0.717, 1.165) is 31.4 Å². The van der Waals surface area contributed by atoms with Gasteiger partial charge in [0, 0.05) is 5.56 Å². The molecule has 0 amide bonds. The topological polar surface area (TPSA) is 17.1 Å². The zero-order valence-corrected chi connectivity index (χ0v) is 16.0. The summed E-state index contributed by atoms with van der Waals surface area (Å²) in [5.41, 5.74) is 3.25. The van der Waals surface area contributed by atoms with Gasteiger partial charge in [-0.05, 0) is 48.9 Å². The summed E-state index contributed by atoms with van der Waals surface area (Å²) in [6.07, 6.45) is 0. The third-order valence-electron chi connectivity index (χ3n) is 4.68. The second-order valence-electron chi connectivity index (χ2n) is 6.55. The zero-order chi connectivity index (χ0) is 18.7. The van der Waals surface area contributed by atoms with Crippen LogP contribution in [0.4, 0.5) is 0 Å². The third-order valence-corrected chi connectivity index (χ3v) is 7.53. The minimum absolute atomic E-state index is 0.831. The maximum Gasteiger partial charge on any atom is 0.182 e. The molecule has 0 aromatic heterocycles. The predicted molar refractivity (Wildman–Crippen MR) is 112 cm³/mol. The highest BCUT2D eigenvalue weighted by molar-refractivity contribution is 8.03. The Balaban J connectivity index is 2.05. The summed E-state index contributed by atoms with van der Waals surface area (Å²) in [5, 5.41) is 0. The first kappa shape index (κ1) is 17.4. The molecule has 0 saturated carbocycles. The highest BCUT2D eigenvalue weighted by Gasteiger charge is 2.39. The summed E-state index contributed by atoms with van der Waals surface area (Å²) in [6.45, 7) is 2.07. The van der Waals surface area contributed by atoms with Gasteiger partial charge >= 0.3 is 0 Å². The summed E-state index contributed by atoms with van der Waals surface area (Å²) < 4.78 is 14.7. The van der Waals surface area contributed by atoms with Gasteiger partial charge in [0.15, 0.2) is 24.6 Å². The molecule has 1 nitrogen and oxygen atoms in total. The van der Waals surface area contributed by atoms with Gasteiger partial charge in [0.25, 0.3) is 0 Å². The average molecular weight is 370 g/mol. The van der Waals surface area contributed by atoms with Crippen LogP contribution in [-0.2, 0) is 14.1 Å². The molecule has 2 heteroatoms. The van der Waals surface area contributed by atoms with Crippen LogP contribution in [0, 0.1) is 6.92 Å². The van der Waals surface area contributed by atoms with Crippen LogP contribution < -0.4 is 0 Å². The van der Waals surface area contributed by atoms with Gasteiger partial charge in [-0.3, -0.25) is 0 Å². The summed E-state index contributed by atoms with van der Waals surface area (Å²) in [4.78, 5) is 2.52. The van der Waals surface area contributed by atoms with Gasteiger partial charge in [-0.1, -0.05) is 82.6 Å². The Morgan fingerprint density at radius 2 is 1.07 bits per heavy atom. The molecule has 0 saturated heterocycles. The third kappa shape index (κ3) is 3.24. The lowest BCUT2D eigenvalue weighted by molar-refractivity contribution is 0.584. The molecule has 0 spiro atoms. The molecule has 27 heavy (non-hydrogen) atoms. The van der Waals surface area contributed by atoms with E-state index in [0.29, 0.717) is 0 Å². The lowest BCUT2D eigenvalue weighted by atomic mass is 10.0. The first-order valence-electron chi connectivity index (χ1n) is 9.00. The van der Waals surface area contributed by atoms with Gasteiger partial charge in [-0.25, -0.2) is 0 Å². The van der Waals surface area contributed by atoms with Crippen LogP contribution in [0.2, 0.25) is 0 Å². The molecule has 0 aliphatic carbocycles. The molecule has 132 valence electrons. The quantitative estimate of drug-likeness (QED) is 0.369. The van der Waals surface area contributed by atoms with E-state index in [1.54, 1.807) is 0 Å². The molecule has 4 rings (SSSR count). The molecule has 0 N–H and O–H groups in total. The number of hydrogen-bond donors (Lipinski definition) is 0. The number of rotatable bonds is 4. The maximum atomic E-state index is 14.7. The molecule has 0 aliphatic heterocycles. The highest BCUT2D eigenvalue weighted by atomic mass is 32.2. The summed E-state index contributed by atoms with van der Waals surface area (Å²) >= 11 is 0. The van der Waals surface area contributed by atoms with Crippen molar-refractivity contribution in [3.63, 3.8) is 0 Å². The smallest absolute Gasteiger partial charge is 0.0875 e. The fourth-order valence-corrected chi connectivity index (χ4v) is 5.96. The number of hydrogen-bond acceptors (Lipinski definition) is 1. The van der Waals surface area contributed by atoms with Crippen LogP contribution in [0.1, 0.15) is 5.56 Å². The van der Waals surface area contributed by atoms with Crippen molar-refractivity contribution in [3.05, 3.63) is 115 Å². The van der Waals surface area contributed by atoms with Gasteiger partial charge in [0.05, 0.1) is 0 Å². The Kier molecular flexibility index (Phi) is 4.74. The Labute approximate surface area is 161 Å². The van der Waals surface area contributed by atoms with Crippen molar-refractivity contribution in [2.24, 2.45) is 0 Å². The van der Waals surface area contributed by atoms with E-state index in [1.165, 1.54) is 0 Å². The van der Waals surface area contributed by atoms with Gasteiger partial charge in [0.1, 0.15) is 0 Å². The van der Waals surface area contributed by atoms with Crippen LogP contribution in [-0.4, -0.2) is 0 Å². The molecule has 0 unspecified atom stereocenters. The molecule has 0 aliphatic rings. The van der Waals surface area contributed by atoms with Crippen molar-refractivity contribution in [2.45, 2.75) is 21.6 Å². The average Bonchev–Trinajstić information content (AvgIpc) is 2.75. The second kappa shape index (κ2) is 7.34. The fourth-order valence-electron chi connectivity index (χ4n) is 3.35. The number of aryl methyl sites for hydroxylation is 1. The van der Waals surface area contributed by atoms with E-state index in [4.69, 9.17) is 0 Å². The summed E-state index contributed by atoms with van der Waals surface area (Å²) in [7, 11) is -2.62. The van der Waals surface area contributed by atoms with Crippen molar-refractivity contribution in [1.29, 1.82) is 0 Å². The normalized spacial score (nSPS) is 11.3. The lowest BCUT2D eigenvalue weighted by Gasteiger charge is -2.16. The van der Waals surface area contributed by atoms with E-state index in [9.17, 15) is 4.21 Å². The highest BCUT2D eigenvalue weighted by Crippen LogP contribution is 2.41. The minimum Gasteiger partial charge on any atom is -0.0875 e. The Morgan fingerprint density at radius 3 is 1.59 bits per heavy atom. The first-order chi connectivity index (χ1) is 13.2. The SMILES string of the molecule is Cc1ccc([S+](=O)(c2ccccc2)c2ccccc2)c(-c2ccccc2)c1. The maximum absolute atomic E-state index is 14.7. The standard InChI is InChI=1S/C25H21OS/c1-20-17-18-25(24(19-20)21-11-5-2-6-12-21)27(26,22-13-7-3-8-14-22)23-15-9-4-10-16-23/h2-19H,1H3/q+1. The van der Waals surface area contributed by atoms with E-state index in [-0.39, 0.29) is 0 Å². The van der Waals surface area contributed by atoms with Crippen molar-refractivity contribution >= 4 is 9.93 Å². The van der Waals surface area contributed by atoms with E-state index < -0.39 is 9.93 Å². The van der Waals surface area contributed by atoms with Gasteiger partial charge in [0.2, 0.25) is 0 Å². The fraction of sp³-hybridized carbons (Fsp3) is 0.0400.